The SMILES string of the molecule is CCCCCCCCCCCCCC(F)CCCCC. The highest BCUT2D eigenvalue weighted by Crippen LogP contribution is 2.16. The van der Waals surface area contributed by atoms with Gasteiger partial charge in [0.1, 0.15) is 6.17 Å². The molecule has 0 aliphatic rings. The first-order valence-electron chi connectivity index (χ1n) is 9.45. The van der Waals surface area contributed by atoms with Gasteiger partial charge in [-0.15, -0.1) is 0 Å². The Morgan fingerprint density at radius 1 is 0.500 bits per heavy atom. The summed E-state index contributed by atoms with van der Waals surface area (Å²) in [5.41, 5.74) is 0. The number of hydrogen-bond donors (Lipinski definition) is 0. The van der Waals surface area contributed by atoms with E-state index in [0.717, 1.165) is 25.7 Å². The molecular weight excluding hydrogens is 247 g/mol. The Bertz CT molecular complexity index is 167. The van der Waals surface area contributed by atoms with Gasteiger partial charge in [-0.3, -0.25) is 0 Å². The van der Waals surface area contributed by atoms with Crippen LogP contribution in [-0.2, 0) is 0 Å². The largest absolute Gasteiger partial charge is 0.247 e. The third-order valence-electron chi connectivity index (χ3n) is 4.24. The minimum Gasteiger partial charge on any atom is -0.247 e. The zero-order chi connectivity index (χ0) is 14.9. The van der Waals surface area contributed by atoms with Crippen molar-refractivity contribution in [1.82, 2.24) is 0 Å². The molecule has 0 fully saturated rings. The van der Waals surface area contributed by atoms with E-state index in [4.69, 9.17) is 0 Å². The molecule has 0 aliphatic carbocycles. The van der Waals surface area contributed by atoms with Gasteiger partial charge in [-0.25, -0.2) is 4.39 Å². The normalized spacial score (nSPS) is 12.8. The maximum absolute atomic E-state index is 13.5. The van der Waals surface area contributed by atoms with Gasteiger partial charge >= 0.3 is 0 Å². The van der Waals surface area contributed by atoms with Gasteiger partial charge in [0.05, 0.1) is 0 Å². The van der Waals surface area contributed by atoms with Crippen LogP contribution in [0.1, 0.15) is 117 Å². The Kier molecular flexibility index (Phi) is 16.9. The molecule has 0 radical (unpaired) electrons. The van der Waals surface area contributed by atoms with E-state index in [1.54, 1.807) is 0 Å². The molecule has 0 N–H and O–H groups in total. The van der Waals surface area contributed by atoms with Crippen molar-refractivity contribution in [1.29, 1.82) is 0 Å². The molecule has 0 aromatic heterocycles. The van der Waals surface area contributed by atoms with Crippen LogP contribution >= 0.6 is 0 Å². The molecule has 122 valence electrons. The van der Waals surface area contributed by atoms with E-state index >= 15 is 0 Å². The van der Waals surface area contributed by atoms with Crippen LogP contribution < -0.4 is 0 Å². The van der Waals surface area contributed by atoms with Crippen LogP contribution in [0.2, 0.25) is 0 Å². The third-order valence-corrected chi connectivity index (χ3v) is 4.24. The predicted molar refractivity (Wildman–Crippen MR) is 90.1 cm³/mol. The Morgan fingerprint density at radius 3 is 1.25 bits per heavy atom. The second kappa shape index (κ2) is 17.0. The molecule has 20 heavy (non-hydrogen) atoms. The molecular formula is C19H39F. The van der Waals surface area contributed by atoms with Gasteiger partial charge < -0.3 is 0 Å². The molecule has 0 amide bonds. The zero-order valence-electron chi connectivity index (χ0n) is 14.3. The fourth-order valence-corrected chi connectivity index (χ4v) is 2.79. The topological polar surface area (TPSA) is 0 Å². The molecule has 0 bridgehead atoms. The van der Waals surface area contributed by atoms with Crippen LogP contribution in [-0.4, -0.2) is 6.17 Å². The van der Waals surface area contributed by atoms with Crippen LogP contribution in [0.4, 0.5) is 4.39 Å². The summed E-state index contributed by atoms with van der Waals surface area (Å²) in [6, 6.07) is 0. The van der Waals surface area contributed by atoms with Crippen LogP contribution in [0.5, 0.6) is 0 Å². The molecule has 0 saturated heterocycles. The summed E-state index contributed by atoms with van der Waals surface area (Å²) in [6.07, 6.45) is 19.4. The number of halogens is 1. The summed E-state index contributed by atoms with van der Waals surface area (Å²) in [5.74, 6) is 0. The van der Waals surface area contributed by atoms with Crippen molar-refractivity contribution in [3.63, 3.8) is 0 Å². The number of alkyl halides is 1. The Morgan fingerprint density at radius 2 is 0.800 bits per heavy atom. The molecule has 0 nitrogen and oxygen atoms in total. The van der Waals surface area contributed by atoms with Crippen molar-refractivity contribution >= 4 is 0 Å². The molecule has 0 aromatic carbocycles. The highest BCUT2D eigenvalue weighted by Gasteiger charge is 2.05. The lowest BCUT2D eigenvalue weighted by atomic mass is 10.0. The number of rotatable bonds is 16. The molecule has 0 aliphatic heterocycles. The summed E-state index contributed by atoms with van der Waals surface area (Å²) in [6.45, 7) is 4.45. The fourth-order valence-electron chi connectivity index (χ4n) is 2.79. The highest BCUT2D eigenvalue weighted by molar-refractivity contribution is 4.57. The molecule has 0 aromatic rings. The summed E-state index contributed by atoms with van der Waals surface area (Å²) in [7, 11) is 0. The smallest absolute Gasteiger partial charge is 0.100 e. The first-order chi connectivity index (χ1) is 9.81. The van der Waals surface area contributed by atoms with Gasteiger partial charge in [0.2, 0.25) is 0 Å². The van der Waals surface area contributed by atoms with Crippen molar-refractivity contribution < 1.29 is 4.39 Å². The van der Waals surface area contributed by atoms with Crippen LogP contribution in [0.25, 0.3) is 0 Å². The minimum absolute atomic E-state index is 0.528. The maximum Gasteiger partial charge on any atom is 0.100 e. The summed E-state index contributed by atoms with van der Waals surface area (Å²) < 4.78 is 13.5. The van der Waals surface area contributed by atoms with E-state index in [2.05, 4.69) is 13.8 Å². The summed E-state index contributed by atoms with van der Waals surface area (Å²) >= 11 is 0. The monoisotopic (exact) mass is 286 g/mol. The molecule has 0 rings (SSSR count). The Hall–Kier alpha value is -0.0700. The predicted octanol–water partition coefficient (Wildman–Crippen LogP) is 7.61. The second-order valence-corrected chi connectivity index (χ2v) is 6.42. The lowest BCUT2D eigenvalue weighted by molar-refractivity contribution is 0.279. The summed E-state index contributed by atoms with van der Waals surface area (Å²) in [4.78, 5) is 0. The quantitative estimate of drug-likeness (QED) is 0.256. The number of hydrogen-bond acceptors (Lipinski definition) is 0. The lowest BCUT2D eigenvalue weighted by Crippen LogP contribution is -1.99. The van der Waals surface area contributed by atoms with Crippen LogP contribution in [0, 0.1) is 0 Å². The van der Waals surface area contributed by atoms with Gasteiger partial charge in [-0.1, -0.05) is 104 Å². The van der Waals surface area contributed by atoms with Gasteiger partial charge in [-0.2, -0.15) is 0 Å². The molecule has 0 saturated carbocycles. The molecule has 0 heterocycles. The van der Waals surface area contributed by atoms with E-state index in [1.807, 2.05) is 0 Å². The van der Waals surface area contributed by atoms with E-state index < -0.39 is 6.17 Å². The summed E-state index contributed by atoms with van der Waals surface area (Å²) in [5, 5.41) is 0. The average Bonchev–Trinajstić information content (AvgIpc) is 2.45. The molecule has 0 spiro atoms. The highest BCUT2D eigenvalue weighted by atomic mass is 19.1. The Labute approximate surface area is 127 Å². The first kappa shape index (κ1) is 19.9. The molecule has 1 atom stereocenters. The van der Waals surface area contributed by atoms with Crippen LogP contribution in [0.15, 0.2) is 0 Å². The minimum atomic E-state index is -0.528. The van der Waals surface area contributed by atoms with E-state index in [1.165, 1.54) is 77.0 Å². The lowest BCUT2D eigenvalue weighted by Gasteiger charge is -2.07. The number of unbranched alkanes of at least 4 members (excludes halogenated alkanes) is 12. The van der Waals surface area contributed by atoms with Crippen molar-refractivity contribution in [2.75, 3.05) is 0 Å². The third kappa shape index (κ3) is 16.0. The van der Waals surface area contributed by atoms with Crippen molar-refractivity contribution in [3.8, 4) is 0 Å². The van der Waals surface area contributed by atoms with Gasteiger partial charge in [0, 0.05) is 0 Å². The fraction of sp³-hybridized carbons (Fsp3) is 1.00. The zero-order valence-corrected chi connectivity index (χ0v) is 14.3. The van der Waals surface area contributed by atoms with E-state index in [0.29, 0.717) is 0 Å². The van der Waals surface area contributed by atoms with E-state index in [-0.39, 0.29) is 0 Å². The van der Waals surface area contributed by atoms with Crippen molar-refractivity contribution in [2.24, 2.45) is 0 Å². The first-order valence-corrected chi connectivity index (χ1v) is 9.45. The van der Waals surface area contributed by atoms with E-state index in [9.17, 15) is 4.39 Å². The van der Waals surface area contributed by atoms with Gasteiger partial charge in [0.15, 0.2) is 0 Å². The molecule has 1 heteroatoms. The molecule has 1 unspecified atom stereocenters. The average molecular weight is 287 g/mol. The maximum atomic E-state index is 13.5. The van der Waals surface area contributed by atoms with Crippen molar-refractivity contribution in [2.45, 2.75) is 123 Å². The second-order valence-electron chi connectivity index (χ2n) is 6.42. The van der Waals surface area contributed by atoms with Gasteiger partial charge in [-0.05, 0) is 12.8 Å². The van der Waals surface area contributed by atoms with Crippen molar-refractivity contribution in [3.05, 3.63) is 0 Å². The standard InChI is InChI=1S/C19H39F/c1-3-5-7-8-9-10-11-12-13-14-16-18-19(20)17-15-6-4-2/h19H,3-18H2,1-2H3. The van der Waals surface area contributed by atoms with Crippen LogP contribution in [0.3, 0.4) is 0 Å². The Balaban J connectivity index is 3.05. The van der Waals surface area contributed by atoms with Gasteiger partial charge in [0.25, 0.3) is 0 Å².